The molecule has 1 fully saturated rings. The van der Waals surface area contributed by atoms with Gasteiger partial charge >= 0.3 is 5.97 Å². The van der Waals surface area contributed by atoms with E-state index in [2.05, 4.69) is 5.32 Å². The number of hydrogen-bond donors (Lipinski definition) is 3. The monoisotopic (exact) mass is 242 g/mol. The van der Waals surface area contributed by atoms with E-state index >= 15 is 0 Å². The van der Waals surface area contributed by atoms with E-state index in [1.165, 1.54) is 0 Å². The lowest BCUT2D eigenvalue weighted by atomic mass is 9.74. The Labute approximate surface area is 102 Å². The summed E-state index contributed by atoms with van der Waals surface area (Å²) in [5, 5.41) is 11.7. The molecule has 1 rings (SSSR count). The summed E-state index contributed by atoms with van der Waals surface area (Å²) in [6.45, 7) is 4.19. The predicted molar refractivity (Wildman–Crippen MR) is 64.4 cm³/mol. The second-order valence-electron chi connectivity index (χ2n) is 5.28. The topological polar surface area (TPSA) is 92.4 Å². The second kappa shape index (κ2) is 5.49. The SMILES string of the molecule is CC(C)C(CN)C(=O)NC1(CC(=O)O)CCC1. The fourth-order valence-corrected chi connectivity index (χ4v) is 2.27. The summed E-state index contributed by atoms with van der Waals surface area (Å²) < 4.78 is 0. The van der Waals surface area contributed by atoms with E-state index in [0.717, 1.165) is 19.3 Å². The molecule has 98 valence electrons. The van der Waals surface area contributed by atoms with Crippen LogP contribution in [0.15, 0.2) is 0 Å². The van der Waals surface area contributed by atoms with Crippen LogP contribution in [0.2, 0.25) is 0 Å². The Balaban J connectivity index is 2.62. The average Bonchev–Trinajstić information content (AvgIpc) is 2.13. The van der Waals surface area contributed by atoms with E-state index in [0.29, 0.717) is 6.54 Å². The highest BCUT2D eigenvalue weighted by atomic mass is 16.4. The summed E-state index contributed by atoms with van der Waals surface area (Å²) in [6.07, 6.45) is 2.48. The van der Waals surface area contributed by atoms with E-state index in [-0.39, 0.29) is 24.2 Å². The molecule has 0 bridgehead atoms. The Hall–Kier alpha value is -1.10. The van der Waals surface area contributed by atoms with Crippen LogP contribution in [0.1, 0.15) is 39.5 Å². The quantitative estimate of drug-likeness (QED) is 0.640. The molecule has 0 aliphatic heterocycles. The van der Waals surface area contributed by atoms with Crippen molar-refractivity contribution in [1.82, 2.24) is 5.32 Å². The Morgan fingerprint density at radius 2 is 2.00 bits per heavy atom. The predicted octanol–water partition coefficient (Wildman–Crippen LogP) is 0.731. The van der Waals surface area contributed by atoms with Crippen LogP contribution < -0.4 is 11.1 Å². The van der Waals surface area contributed by atoms with Gasteiger partial charge in [-0.2, -0.15) is 0 Å². The molecule has 1 aliphatic carbocycles. The molecule has 4 N–H and O–H groups in total. The first-order valence-corrected chi connectivity index (χ1v) is 6.14. The van der Waals surface area contributed by atoms with E-state index < -0.39 is 11.5 Å². The van der Waals surface area contributed by atoms with Crippen LogP contribution in [0.25, 0.3) is 0 Å². The largest absolute Gasteiger partial charge is 0.481 e. The Morgan fingerprint density at radius 3 is 2.29 bits per heavy atom. The molecule has 1 atom stereocenters. The number of carbonyl (C=O) groups is 2. The molecule has 0 spiro atoms. The summed E-state index contributed by atoms with van der Waals surface area (Å²) in [4.78, 5) is 22.8. The molecule has 1 unspecified atom stereocenters. The molecule has 1 amide bonds. The fourth-order valence-electron chi connectivity index (χ4n) is 2.27. The van der Waals surface area contributed by atoms with E-state index in [1.807, 2.05) is 13.8 Å². The summed E-state index contributed by atoms with van der Waals surface area (Å²) in [5.74, 6) is -1.04. The van der Waals surface area contributed by atoms with Gasteiger partial charge in [0.15, 0.2) is 0 Å². The van der Waals surface area contributed by atoms with Crippen molar-refractivity contribution in [3.8, 4) is 0 Å². The van der Waals surface area contributed by atoms with Gasteiger partial charge in [-0.15, -0.1) is 0 Å². The molecule has 1 saturated carbocycles. The van der Waals surface area contributed by atoms with Crippen LogP contribution >= 0.6 is 0 Å². The zero-order valence-electron chi connectivity index (χ0n) is 10.5. The Bertz CT molecular complexity index is 298. The lowest BCUT2D eigenvalue weighted by molar-refractivity contribution is -0.141. The van der Waals surface area contributed by atoms with Crippen LogP contribution in [0.5, 0.6) is 0 Å². The van der Waals surface area contributed by atoms with Crippen LogP contribution in [0.3, 0.4) is 0 Å². The summed E-state index contributed by atoms with van der Waals surface area (Å²) in [7, 11) is 0. The molecule has 0 aromatic rings. The summed E-state index contributed by atoms with van der Waals surface area (Å²) in [6, 6.07) is 0. The van der Waals surface area contributed by atoms with E-state index in [4.69, 9.17) is 10.8 Å². The molecule has 1 aliphatic rings. The summed E-state index contributed by atoms with van der Waals surface area (Å²) in [5.41, 5.74) is 5.05. The number of carbonyl (C=O) groups excluding carboxylic acids is 1. The number of nitrogens with two attached hydrogens (primary N) is 1. The lowest BCUT2D eigenvalue weighted by Crippen LogP contribution is -2.57. The van der Waals surface area contributed by atoms with Crippen molar-refractivity contribution in [3.63, 3.8) is 0 Å². The van der Waals surface area contributed by atoms with Gasteiger partial charge in [-0.05, 0) is 25.2 Å². The number of nitrogens with one attached hydrogen (secondary N) is 1. The van der Waals surface area contributed by atoms with Gasteiger partial charge in [0, 0.05) is 6.54 Å². The molecule has 5 heteroatoms. The number of aliphatic carboxylic acids is 1. The third-order valence-corrected chi connectivity index (χ3v) is 3.58. The van der Waals surface area contributed by atoms with Crippen LogP contribution in [0, 0.1) is 11.8 Å². The minimum atomic E-state index is -0.862. The molecule has 0 saturated heterocycles. The maximum Gasteiger partial charge on any atom is 0.305 e. The smallest absolute Gasteiger partial charge is 0.305 e. The van der Waals surface area contributed by atoms with Crippen molar-refractivity contribution in [2.75, 3.05) is 6.54 Å². The van der Waals surface area contributed by atoms with Gasteiger partial charge in [0.2, 0.25) is 5.91 Å². The van der Waals surface area contributed by atoms with Crippen LogP contribution in [-0.4, -0.2) is 29.1 Å². The molecule has 0 aromatic carbocycles. The zero-order valence-corrected chi connectivity index (χ0v) is 10.5. The average molecular weight is 242 g/mol. The minimum absolute atomic E-state index is 0.00806. The maximum absolute atomic E-state index is 12.0. The normalized spacial score (nSPS) is 19.5. The zero-order chi connectivity index (χ0) is 13.1. The van der Waals surface area contributed by atoms with Gasteiger partial charge in [-0.3, -0.25) is 9.59 Å². The van der Waals surface area contributed by atoms with Crippen LogP contribution in [-0.2, 0) is 9.59 Å². The maximum atomic E-state index is 12.0. The van der Waals surface area contributed by atoms with Gasteiger partial charge < -0.3 is 16.2 Å². The Kier molecular flexibility index (Phi) is 4.51. The molecule has 0 heterocycles. The van der Waals surface area contributed by atoms with Crippen molar-refractivity contribution in [2.45, 2.75) is 45.1 Å². The fraction of sp³-hybridized carbons (Fsp3) is 0.833. The molecule has 0 radical (unpaired) electrons. The molecule has 17 heavy (non-hydrogen) atoms. The van der Waals surface area contributed by atoms with Crippen LogP contribution in [0.4, 0.5) is 0 Å². The van der Waals surface area contributed by atoms with Crippen molar-refractivity contribution in [2.24, 2.45) is 17.6 Å². The molecule has 5 nitrogen and oxygen atoms in total. The first kappa shape index (κ1) is 14.0. The third kappa shape index (κ3) is 3.43. The number of carboxylic acids is 1. The van der Waals surface area contributed by atoms with E-state index in [9.17, 15) is 9.59 Å². The first-order valence-electron chi connectivity index (χ1n) is 6.14. The van der Waals surface area contributed by atoms with Crippen molar-refractivity contribution >= 4 is 11.9 Å². The number of carboxylic acid groups (broad SMARTS) is 1. The number of rotatable bonds is 6. The van der Waals surface area contributed by atoms with Crippen molar-refractivity contribution in [1.29, 1.82) is 0 Å². The third-order valence-electron chi connectivity index (χ3n) is 3.58. The van der Waals surface area contributed by atoms with Gasteiger partial charge in [0.05, 0.1) is 17.9 Å². The van der Waals surface area contributed by atoms with Gasteiger partial charge in [-0.25, -0.2) is 0 Å². The highest BCUT2D eigenvalue weighted by Crippen LogP contribution is 2.35. The van der Waals surface area contributed by atoms with Gasteiger partial charge in [-0.1, -0.05) is 13.8 Å². The van der Waals surface area contributed by atoms with Crippen molar-refractivity contribution < 1.29 is 14.7 Å². The Morgan fingerprint density at radius 1 is 1.41 bits per heavy atom. The van der Waals surface area contributed by atoms with E-state index in [1.54, 1.807) is 0 Å². The molecule has 0 aromatic heterocycles. The summed E-state index contributed by atoms with van der Waals surface area (Å²) >= 11 is 0. The van der Waals surface area contributed by atoms with Crippen molar-refractivity contribution in [3.05, 3.63) is 0 Å². The number of hydrogen-bond acceptors (Lipinski definition) is 3. The van der Waals surface area contributed by atoms with Gasteiger partial charge in [0.1, 0.15) is 0 Å². The second-order valence-corrected chi connectivity index (χ2v) is 5.28. The van der Waals surface area contributed by atoms with Gasteiger partial charge in [0.25, 0.3) is 0 Å². The lowest BCUT2D eigenvalue weighted by Gasteiger charge is -2.42. The molecular weight excluding hydrogens is 220 g/mol. The number of amides is 1. The highest BCUT2D eigenvalue weighted by Gasteiger charge is 2.41. The highest BCUT2D eigenvalue weighted by molar-refractivity contribution is 5.81. The minimum Gasteiger partial charge on any atom is -0.481 e. The molecular formula is C12H22N2O3. The standard InChI is InChI=1S/C12H22N2O3/c1-8(2)9(7-13)11(17)14-12(4-3-5-12)6-10(15)16/h8-9H,3-7,13H2,1-2H3,(H,14,17)(H,15,16). The first-order chi connectivity index (χ1) is 7.90.